The monoisotopic (exact) mass is 681 g/mol. The minimum absolute atomic E-state index is 0.0115. The van der Waals surface area contributed by atoms with Gasteiger partial charge in [0, 0.05) is 36.9 Å². The van der Waals surface area contributed by atoms with E-state index in [0.717, 1.165) is 35.7 Å². The Labute approximate surface area is 276 Å². The van der Waals surface area contributed by atoms with Crippen molar-refractivity contribution in [1.29, 1.82) is 0 Å². The highest BCUT2D eigenvalue weighted by Crippen LogP contribution is 2.25. The number of benzene rings is 3. The highest BCUT2D eigenvalue weighted by Gasteiger charge is 2.34. The lowest BCUT2D eigenvalue weighted by Gasteiger charge is -2.29. The number of esters is 1. The van der Waals surface area contributed by atoms with E-state index in [9.17, 15) is 31.5 Å². The van der Waals surface area contributed by atoms with Gasteiger partial charge in [-0.2, -0.15) is 25.8 Å². The van der Waals surface area contributed by atoms with Crippen LogP contribution in [0.15, 0.2) is 72.8 Å². The van der Waals surface area contributed by atoms with Crippen molar-refractivity contribution >= 4 is 24.7 Å². The fourth-order valence-corrected chi connectivity index (χ4v) is 5.21. The first-order valence-electron chi connectivity index (χ1n) is 15.2. The molecule has 3 rings (SSSR count). The molecule has 4 atom stereocenters. The number of alkyl halides is 3. The van der Waals surface area contributed by atoms with Crippen molar-refractivity contribution in [2.45, 2.75) is 81.8 Å². The molecule has 4 N–H and O–H groups in total. The highest BCUT2D eigenvalue weighted by atomic mass is 32.1. The summed E-state index contributed by atoms with van der Waals surface area (Å²) in [5.74, 6) is -2.61. The molecule has 0 saturated carbocycles. The van der Waals surface area contributed by atoms with Gasteiger partial charge in [-0.25, -0.2) is 18.4 Å². The summed E-state index contributed by atoms with van der Waals surface area (Å²) in [6.07, 6.45) is -7.39. The number of alkyl carbamates (subject to hydrolysis) is 1. The number of carbonyl (C=O) groups is 2. The topological polar surface area (TPSA) is 103 Å². The third kappa shape index (κ3) is 13.9. The Balaban J connectivity index is 1.77. The second-order valence-electron chi connectivity index (χ2n) is 11.2. The van der Waals surface area contributed by atoms with Crippen molar-refractivity contribution in [3.8, 4) is 0 Å². The summed E-state index contributed by atoms with van der Waals surface area (Å²) in [4.78, 5) is 26.3. The van der Waals surface area contributed by atoms with Crippen LogP contribution in [0, 0.1) is 11.6 Å². The zero-order valence-corrected chi connectivity index (χ0v) is 26.8. The second-order valence-corrected chi connectivity index (χ2v) is 11.8. The number of nitrogens with one attached hydrogen (secondary N) is 2. The SMILES string of the molecule is CCc1cccc(CNC[C@@H](OC(=O)[C@H](NC(=O)OCc2ccccc2)C(S)CCCC(F)(F)F)[C@@H](N)Cc2cc(F)cc(F)c2)c1. The highest BCUT2D eigenvalue weighted by molar-refractivity contribution is 7.81. The molecule has 3 aromatic rings. The van der Waals surface area contributed by atoms with Gasteiger partial charge in [-0.3, -0.25) is 0 Å². The number of aryl methyl sites for hydroxylation is 1. The fourth-order valence-electron chi connectivity index (χ4n) is 4.84. The predicted molar refractivity (Wildman–Crippen MR) is 172 cm³/mol. The molecule has 1 amide bonds. The van der Waals surface area contributed by atoms with Gasteiger partial charge in [0.15, 0.2) is 0 Å². The molecule has 47 heavy (non-hydrogen) atoms. The molecule has 0 aliphatic rings. The molecule has 3 aromatic carbocycles. The van der Waals surface area contributed by atoms with Gasteiger partial charge >= 0.3 is 18.2 Å². The van der Waals surface area contributed by atoms with Gasteiger partial charge in [-0.1, -0.05) is 61.5 Å². The van der Waals surface area contributed by atoms with Crippen molar-refractivity contribution in [3.05, 3.63) is 107 Å². The van der Waals surface area contributed by atoms with Gasteiger partial charge in [-0.05, 0) is 60.1 Å². The zero-order valence-electron chi connectivity index (χ0n) is 25.9. The third-order valence-corrected chi connectivity index (χ3v) is 7.85. The number of nitrogens with two attached hydrogens (primary N) is 1. The van der Waals surface area contributed by atoms with Crippen molar-refractivity contribution in [1.82, 2.24) is 10.6 Å². The van der Waals surface area contributed by atoms with E-state index in [1.807, 2.05) is 31.2 Å². The van der Waals surface area contributed by atoms with E-state index in [0.29, 0.717) is 12.1 Å². The minimum Gasteiger partial charge on any atom is -0.458 e. The number of amides is 1. The van der Waals surface area contributed by atoms with Crippen LogP contribution in [0.1, 0.15) is 48.4 Å². The van der Waals surface area contributed by atoms with Crippen LogP contribution >= 0.6 is 12.6 Å². The molecule has 7 nitrogen and oxygen atoms in total. The molecular formula is C34H40F5N3O4S. The maximum Gasteiger partial charge on any atom is 0.408 e. The number of thiol groups is 1. The molecule has 13 heteroatoms. The van der Waals surface area contributed by atoms with Crippen LogP contribution in [0.25, 0.3) is 0 Å². The summed E-state index contributed by atoms with van der Waals surface area (Å²) >= 11 is 4.35. The molecule has 0 spiro atoms. The first-order valence-corrected chi connectivity index (χ1v) is 15.8. The third-order valence-electron chi connectivity index (χ3n) is 7.30. The lowest BCUT2D eigenvalue weighted by atomic mass is 10.0. The Morgan fingerprint density at radius 1 is 0.915 bits per heavy atom. The van der Waals surface area contributed by atoms with Crippen LogP contribution in [-0.2, 0) is 40.3 Å². The first kappa shape index (κ1) is 37.8. The van der Waals surface area contributed by atoms with E-state index in [-0.39, 0.29) is 38.0 Å². The van der Waals surface area contributed by atoms with E-state index >= 15 is 0 Å². The number of hydrogen-bond acceptors (Lipinski definition) is 7. The van der Waals surface area contributed by atoms with Gasteiger partial charge in [0.05, 0.1) is 0 Å². The maximum absolute atomic E-state index is 13.9. The van der Waals surface area contributed by atoms with Crippen molar-refractivity contribution in [2.75, 3.05) is 6.54 Å². The summed E-state index contributed by atoms with van der Waals surface area (Å²) in [7, 11) is 0. The molecule has 0 fully saturated rings. The van der Waals surface area contributed by atoms with Gasteiger partial charge in [0.25, 0.3) is 0 Å². The number of rotatable bonds is 17. The molecule has 0 radical (unpaired) electrons. The lowest BCUT2D eigenvalue weighted by molar-refractivity contribution is -0.152. The number of hydrogen-bond donors (Lipinski definition) is 4. The van der Waals surface area contributed by atoms with E-state index in [4.69, 9.17) is 15.2 Å². The number of ether oxygens (including phenoxy) is 2. The summed E-state index contributed by atoms with van der Waals surface area (Å²) in [6.45, 7) is 2.29. The van der Waals surface area contributed by atoms with E-state index in [2.05, 4.69) is 23.3 Å². The minimum atomic E-state index is -4.41. The molecule has 0 heterocycles. The standard InChI is InChI=1S/C34H40F5N3O4S/c1-2-22-10-6-11-24(14-22)19-41-20-29(28(40)17-25-15-26(35)18-27(36)16-25)46-32(43)31(30(47)12-7-13-34(37,38)39)42-33(44)45-21-23-8-4-3-5-9-23/h3-6,8-11,14-16,18,28-31,41,47H,2,7,12-13,17,19-21,40H2,1H3,(H,42,44)/t28-,29+,30?,31+/m0/s1. The Bertz CT molecular complexity index is 1410. The quantitative estimate of drug-likeness (QED) is 0.0745. The molecule has 0 aliphatic carbocycles. The van der Waals surface area contributed by atoms with Crippen LogP contribution in [0.3, 0.4) is 0 Å². The Morgan fingerprint density at radius 3 is 2.23 bits per heavy atom. The zero-order chi connectivity index (χ0) is 34.4. The average Bonchev–Trinajstić information content (AvgIpc) is 3.01. The number of carbonyl (C=O) groups excluding carboxylic acids is 2. The average molecular weight is 682 g/mol. The molecule has 0 aromatic heterocycles. The summed E-state index contributed by atoms with van der Waals surface area (Å²) in [5.41, 5.74) is 9.40. The van der Waals surface area contributed by atoms with Gasteiger partial charge in [-0.15, -0.1) is 0 Å². The fraction of sp³-hybridized carbons (Fsp3) is 0.412. The van der Waals surface area contributed by atoms with Gasteiger partial charge in [0.1, 0.15) is 30.4 Å². The number of halogens is 5. The van der Waals surface area contributed by atoms with Crippen LogP contribution in [0.2, 0.25) is 0 Å². The molecule has 0 bridgehead atoms. The summed E-state index contributed by atoms with van der Waals surface area (Å²) in [6, 6.07) is 17.0. The van der Waals surface area contributed by atoms with Crippen LogP contribution in [-0.4, -0.2) is 48.2 Å². The van der Waals surface area contributed by atoms with Gasteiger partial charge < -0.3 is 25.8 Å². The van der Waals surface area contributed by atoms with Crippen molar-refractivity contribution in [2.24, 2.45) is 5.73 Å². The second kappa shape index (κ2) is 18.6. The van der Waals surface area contributed by atoms with Crippen molar-refractivity contribution < 1.29 is 41.0 Å². The van der Waals surface area contributed by atoms with Crippen molar-refractivity contribution in [3.63, 3.8) is 0 Å². The maximum atomic E-state index is 13.9. The van der Waals surface area contributed by atoms with E-state index in [1.165, 1.54) is 0 Å². The molecule has 0 aliphatic heterocycles. The molecule has 0 saturated heterocycles. The largest absolute Gasteiger partial charge is 0.458 e. The van der Waals surface area contributed by atoms with Crippen LogP contribution < -0.4 is 16.4 Å². The predicted octanol–water partition coefficient (Wildman–Crippen LogP) is 6.42. The first-order chi connectivity index (χ1) is 22.3. The molecule has 256 valence electrons. The molecule has 1 unspecified atom stereocenters. The van der Waals surface area contributed by atoms with E-state index in [1.54, 1.807) is 30.3 Å². The summed E-state index contributed by atoms with van der Waals surface area (Å²) < 4.78 is 77.3. The Morgan fingerprint density at radius 2 is 1.57 bits per heavy atom. The smallest absolute Gasteiger partial charge is 0.408 e. The van der Waals surface area contributed by atoms with E-state index < -0.39 is 59.7 Å². The molecular weight excluding hydrogens is 641 g/mol. The van der Waals surface area contributed by atoms with Crippen LogP contribution in [0.4, 0.5) is 26.7 Å². The lowest BCUT2D eigenvalue weighted by Crippen LogP contribution is -2.52. The van der Waals surface area contributed by atoms with Crippen LogP contribution in [0.5, 0.6) is 0 Å². The Kier molecular flexibility index (Phi) is 15.0. The normalized spacial score (nSPS) is 14.1. The Hall–Kier alpha value is -3.68. The van der Waals surface area contributed by atoms with Gasteiger partial charge in [0.2, 0.25) is 0 Å². The summed E-state index contributed by atoms with van der Waals surface area (Å²) in [5, 5.41) is 4.49.